The molecular weight excluding hydrogens is 635 g/mol. The standard InChI is InChI=1S/C47H31N5/c1-4-15-34(16-5-1)42-31-43(49-44(48-42)36-17-6-2-7-18-36)35-28-26-32(27-29-35)38-22-12-23-39(30-38)46-50-45(37-19-8-3-9-20-37)51-47(52-46)41-25-13-21-33-14-10-11-24-40(33)41/h1-31H. The van der Waals surface area contributed by atoms with Gasteiger partial charge in [0, 0.05) is 33.4 Å². The molecule has 244 valence electrons. The maximum atomic E-state index is 5.07. The molecular formula is C47H31N5. The van der Waals surface area contributed by atoms with Crippen molar-refractivity contribution < 1.29 is 0 Å². The Bertz CT molecular complexity index is 2600. The second kappa shape index (κ2) is 13.7. The highest BCUT2D eigenvalue weighted by atomic mass is 15.0. The molecule has 0 radical (unpaired) electrons. The molecule has 0 spiro atoms. The predicted molar refractivity (Wildman–Crippen MR) is 211 cm³/mol. The van der Waals surface area contributed by atoms with E-state index in [1.165, 1.54) is 0 Å². The molecule has 5 nitrogen and oxygen atoms in total. The molecule has 0 bridgehead atoms. The van der Waals surface area contributed by atoms with Gasteiger partial charge in [0.25, 0.3) is 0 Å². The molecule has 0 aliphatic heterocycles. The Kier molecular flexibility index (Phi) is 8.12. The summed E-state index contributed by atoms with van der Waals surface area (Å²) in [6.07, 6.45) is 0. The van der Waals surface area contributed by atoms with Gasteiger partial charge in [-0.1, -0.05) is 176 Å². The third-order valence-electron chi connectivity index (χ3n) is 9.16. The van der Waals surface area contributed by atoms with Gasteiger partial charge in [-0.2, -0.15) is 0 Å². The highest BCUT2D eigenvalue weighted by Gasteiger charge is 2.15. The summed E-state index contributed by atoms with van der Waals surface area (Å²) < 4.78 is 0. The topological polar surface area (TPSA) is 64.5 Å². The molecule has 0 unspecified atom stereocenters. The van der Waals surface area contributed by atoms with E-state index < -0.39 is 0 Å². The van der Waals surface area contributed by atoms with E-state index in [4.69, 9.17) is 24.9 Å². The quantitative estimate of drug-likeness (QED) is 0.169. The van der Waals surface area contributed by atoms with E-state index in [0.717, 1.165) is 66.7 Å². The van der Waals surface area contributed by atoms with Crippen LogP contribution in [0.5, 0.6) is 0 Å². The van der Waals surface area contributed by atoms with E-state index in [2.05, 4.69) is 109 Å². The van der Waals surface area contributed by atoms with Gasteiger partial charge in [0.15, 0.2) is 23.3 Å². The highest BCUT2D eigenvalue weighted by Crippen LogP contribution is 2.33. The van der Waals surface area contributed by atoms with Crippen molar-refractivity contribution in [1.29, 1.82) is 0 Å². The molecule has 7 aromatic carbocycles. The van der Waals surface area contributed by atoms with Gasteiger partial charge in [-0.15, -0.1) is 0 Å². The van der Waals surface area contributed by atoms with Crippen LogP contribution in [0.3, 0.4) is 0 Å². The first-order valence-electron chi connectivity index (χ1n) is 17.3. The van der Waals surface area contributed by atoms with E-state index in [1.807, 2.05) is 78.9 Å². The van der Waals surface area contributed by atoms with Crippen LogP contribution in [0.4, 0.5) is 0 Å². The largest absolute Gasteiger partial charge is 0.228 e. The van der Waals surface area contributed by atoms with Crippen LogP contribution >= 0.6 is 0 Å². The lowest BCUT2D eigenvalue weighted by molar-refractivity contribution is 1.08. The summed E-state index contributed by atoms with van der Waals surface area (Å²) in [6.45, 7) is 0. The van der Waals surface area contributed by atoms with Crippen molar-refractivity contribution in [3.63, 3.8) is 0 Å². The zero-order chi connectivity index (χ0) is 34.7. The van der Waals surface area contributed by atoms with Gasteiger partial charge in [0.2, 0.25) is 0 Å². The second-order valence-corrected chi connectivity index (χ2v) is 12.6. The van der Waals surface area contributed by atoms with E-state index in [-0.39, 0.29) is 0 Å². The first kappa shape index (κ1) is 30.9. The van der Waals surface area contributed by atoms with Crippen molar-refractivity contribution in [2.45, 2.75) is 0 Å². The van der Waals surface area contributed by atoms with E-state index in [9.17, 15) is 0 Å². The molecule has 0 N–H and O–H groups in total. The smallest absolute Gasteiger partial charge is 0.164 e. The Balaban J connectivity index is 1.10. The normalized spacial score (nSPS) is 11.1. The van der Waals surface area contributed by atoms with Gasteiger partial charge in [0.05, 0.1) is 11.4 Å². The Morgan fingerprint density at radius 2 is 0.692 bits per heavy atom. The van der Waals surface area contributed by atoms with Crippen molar-refractivity contribution >= 4 is 10.8 Å². The molecule has 0 fully saturated rings. The van der Waals surface area contributed by atoms with Crippen LogP contribution in [0.1, 0.15) is 0 Å². The SMILES string of the molecule is c1ccc(-c2cc(-c3ccc(-c4cccc(-c5nc(-c6ccccc6)nc(-c6cccc7ccccc67)n5)c4)cc3)nc(-c3ccccc3)n2)cc1. The number of nitrogens with zero attached hydrogens (tertiary/aromatic N) is 5. The zero-order valence-corrected chi connectivity index (χ0v) is 28.1. The third-order valence-corrected chi connectivity index (χ3v) is 9.16. The maximum Gasteiger partial charge on any atom is 0.164 e. The summed E-state index contributed by atoms with van der Waals surface area (Å²) in [5.41, 5.74) is 9.77. The van der Waals surface area contributed by atoms with E-state index >= 15 is 0 Å². The van der Waals surface area contributed by atoms with Gasteiger partial charge in [-0.25, -0.2) is 24.9 Å². The average molecular weight is 666 g/mol. The van der Waals surface area contributed by atoms with Crippen LogP contribution in [-0.4, -0.2) is 24.9 Å². The molecule has 0 saturated heterocycles. The minimum absolute atomic E-state index is 0.623. The van der Waals surface area contributed by atoms with Crippen molar-refractivity contribution in [2.24, 2.45) is 0 Å². The first-order chi connectivity index (χ1) is 25.7. The molecule has 5 heteroatoms. The van der Waals surface area contributed by atoms with Gasteiger partial charge in [0.1, 0.15) is 0 Å². The summed E-state index contributed by atoms with van der Waals surface area (Å²) in [6, 6.07) is 64.0. The Morgan fingerprint density at radius 3 is 1.37 bits per heavy atom. The number of aromatic nitrogens is 5. The fourth-order valence-corrected chi connectivity index (χ4v) is 6.50. The summed E-state index contributed by atoms with van der Waals surface area (Å²) in [7, 11) is 0. The van der Waals surface area contributed by atoms with Crippen molar-refractivity contribution in [2.75, 3.05) is 0 Å². The summed E-state index contributed by atoms with van der Waals surface area (Å²) in [4.78, 5) is 25.0. The molecule has 2 heterocycles. The lowest BCUT2D eigenvalue weighted by Gasteiger charge is -2.11. The molecule has 9 aromatic rings. The molecule has 0 aliphatic carbocycles. The zero-order valence-electron chi connectivity index (χ0n) is 28.1. The number of hydrogen-bond donors (Lipinski definition) is 0. The summed E-state index contributed by atoms with van der Waals surface area (Å²) in [5.74, 6) is 2.60. The second-order valence-electron chi connectivity index (χ2n) is 12.6. The first-order valence-corrected chi connectivity index (χ1v) is 17.3. The van der Waals surface area contributed by atoms with Gasteiger partial charge in [-0.3, -0.25) is 0 Å². The predicted octanol–water partition coefficient (Wildman–Crippen LogP) is 11.5. The van der Waals surface area contributed by atoms with Crippen LogP contribution in [0.25, 0.3) is 90.0 Å². The molecule has 0 saturated carbocycles. The number of hydrogen-bond acceptors (Lipinski definition) is 5. The molecule has 52 heavy (non-hydrogen) atoms. The maximum absolute atomic E-state index is 5.07. The number of benzene rings is 7. The Morgan fingerprint density at radius 1 is 0.250 bits per heavy atom. The van der Waals surface area contributed by atoms with E-state index in [0.29, 0.717) is 23.3 Å². The summed E-state index contributed by atoms with van der Waals surface area (Å²) >= 11 is 0. The summed E-state index contributed by atoms with van der Waals surface area (Å²) in [5, 5.41) is 2.24. The van der Waals surface area contributed by atoms with Crippen molar-refractivity contribution in [3.05, 3.63) is 188 Å². The van der Waals surface area contributed by atoms with Crippen LogP contribution < -0.4 is 0 Å². The number of rotatable bonds is 7. The van der Waals surface area contributed by atoms with Crippen LogP contribution in [0.15, 0.2) is 188 Å². The minimum atomic E-state index is 0.623. The van der Waals surface area contributed by atoms with Crippen molar-refractivity contribution in [3.8, 4) is 79.2 Å². The lowest BCUT2D eigenvalue weighted by atomic mass is 10.00. The van der Waals surface area contributed by atoms with Gasteiger partial charge < -0.3 is 0 Å². The third kappa shape index (κ3) is 6.23. The highest BCUT2D eigenvalue weighted by molar-refractivity contribution is 5.95. The minimum Gasteiger partial charge on any atom is -0.228 e. The van der Waals surface area contributed by atoms with Gasteiger partial charge in [-0.05, 0) is 34.0 Å². The fraction of sp³-hybridized carbons (Fsp3) is 0. The van der Waals surface area contributed by atoms with Crippen LogP contribution in [0.2, 0.25) is 0 Å². The fourth-order valence-electron chi connectivity index (χ4n) is 6.50. The molecule has 0 aliphatic rings. The Hall–Kier alpha value is -7.11. The number of fused-ring (bicyclic) bond motifs is 1. The van der Waals surface area contributed by atoms with Crippen LogP contribution in [-0.2, 0) is 0 Å². The molecule has 9 rings (SSSR count). The average Bonchev–Trinajstić information content (AvgIpc) is 3.24. The van der Waals surface area contributed by atoms with Crippen molar-refractivity contribution in [1.82, 2.24) is 24.9 Å². The Labute approximate surface area is 302 Å². The monoisotopic (exact) mass is 665 g/mol. The lowest BCUT2D eigenvalue weighted by Crippen LogP contribution is -2.00. The molecule has 0 amide bonds. The van der Waals surface area contributed by atoms with Crippen LogP contribution in [0, 0.1) is 0 Å². The molecule has 0 atom stereocenters. The molecule has 2 aromatic heterocycles. The van der Waals surface area contributed by atoms with Gasteiger partial charge >= 0.3 is 0 Å². The van der Waals surface area contributed by atoms with E-state index in [1.54, 1.807) is 0 Å².